The number of halogens is 1. The monoisotopic (exact) mass is 485 g/mol. The van der Waals surface area contributed by atoms with Gasteiger partial charge in [-0.25, -0.2) is 4.39 Å². The molecule has 0 atom stereocenters. The Balaban J connectivity index is 1.56. The second-order valence-corrected chi connectivity index (χ2v) is 9.70. The number of hydrogen-bond donors (Lipinski definition) is 2. The number of nitrogens with one attached hydrogen (secondary N) is 2. The smallest absolute Gasteiger partial charge is 0.226 e. The van der Waals surface area contributed by atoms with Gasteiger partial charge in [-0.3, -0.25) is 4.79 Å². The van der Waals surface area contributed by atoms with Crippen LogP contribution in [0.15, 0.2) is 30.3 Å². The summed E-state index contributed by atoms with van der Waals surface area (Å²) in [6.45, 7) is 1.72. The van der Waals surface area contributed by atoms with Gasteiger partial charge >= 0.3 is 0 Å². The molecule has 9 heteroatoms. The first kappa shape index (κ1) is 26.7. The summed E-state index contributed by atoms with van der Waals surface area (Å²) in [6, 6.07) is 9.57. The normalized spacial score (nSPS) is 17.8. The number of amides is 1. The van der Waals surface area contributed by atoms with Crippen LogP contribution in [0.1, 0.15) is 36.8 Å². The predicted molar refractivity (Wildman–Crippen MR) is 140 cm³/mol. The molecule has 1 amide bonds. The molecule has 1 fully saturated rings. The molecular formula is C26H40FN7O. The van der Waals surface area contributed by atoms with Crippen LogP contribution in [0.25, 0.3) is 0 Å². The number of aromatic nitrogens is 2. The third-order valence-electron chi connectivity index (χ3n) is 6.70. The van der Waals surface area contributed by atoms with Gasteiger partial charge in [0.2, 0.25) is 11.9 Å². The molecule has 0 spiro atoms. The molecule has 0 saturated heterocycles. The molecule has 1 saturated carbocycles. The number of likely N-dealkylation sites (N-methyl/N-ethyl adjacent to an activating group) is 2. The first-order valence-electron chi connectivity index (χ1n) is 12.4. The Morgan fingerprint density at radius 1 is 1.03 bits per heavy atom. The average Bonchev–Trinajstić information content (AvgIpc) is 2.87. The van der Waals surface area contributed by atoms with Crippen LogP contribution in [-0.4, -0.2) is 80.0 Å². The van der Waals surface area contributed by atoms with Gasteiger partial charge in [-0.2, -0.15) is 9.97 Å². The van der Waals surface area contributed by atoms with Gasteiger partial charge in [0.15, 0.2) is 0 Å². The van der Waals surface area contributed by atoms with Crippen LogP contribution < -0.4 is 15.5 Å². The highest BCUT2D eigenvalue weighted by Crippen LogP contribution is 2.29. The topological polar surface area (TPSA) is 76.6 Å². The van der Waals surface area contributed by atoms with Crippen molar-refractivity contribution in [1.82, 2.24) is 19.8 Å². The van der Waals surface area contributed by atoms with Crippen LogP contribution in [0.5, 0.6) is 0 Å². The number of nitrogens with zero attached hydrogens (tertiary/aromatic N) is 5. The summed E-state index contributed by atoms with van der Waals surface area (Å²) in [7, 11) is 9.82. The molecule has 192 valence electrons. The third kappa shape index (κ3) is 7.52. The van der Waals surface area contributed by atoms with Crippen molar-refractivity contribution in [2.45, 2.75) is 44.9 Å². The SMILES string of the molecule is CNc1cc(N(C)CCN(C)C)nc(N[C@H]2CC[C@@H](C(=O)N(C)Cc3ccccc3CF)CC2)n1. The van der Waals surface area contributed by atoms with Crippen molar-refractivity contribution in [2.75, 3.05) is 63.9 Å². The Morgan fingerprint density at radius 3 is 2.34 bits per heavy atom. The molecule has 1 aliphatic carbocycles. The van der Waals surface area contributed by atoms with E-state index in [2.05, 4.69) is 39.5 Å². The molecular weight excluding hydrogens is 445 g/mol. The van der Waals surface area contributed by atoms with E-state index in [0.717, 1.165) is 56.0 Å². The number of hydrogen-bond acceptors (Lipinski definition) is 7. The van der Waals surface area contributed by atoms with Gasteiger partial charge in [0.1, 0.15) is 18.3 Å². The van der Waals surface area contributed by atoms with Crippen LogP contribution in [-0.2, 0) is 18.0 Å². The van der Waals surface area contributed by atoms with Crippen molar-refractivity contribution in [3.05, 3.63) is 41.5 Å². The van der Waals surface area contributed by atoms with Gasteiger partial charge in [0, 0.05) is 58.8 Å². The fourth-order valence-corrected chi connectivity index (χ4v) is 4.44. The molecule has 2 aromatic rings. The summed E-state index contributed by atoms with van der Waals surface area (Å²) in [6.07, 6.45) is 3.38. The number of rotatable bonds is 11. The van der Waals surface area contributed by atoms with E-state index in [1.165, 1.54) is 0 Å². The third-order valence-corrected chi connectivity index (χ3v) is 6.70. The van der Waals surface area contributed by atoms with Crippen molar-refractivity contribution in [2.24, 2.45) is 5.92 Å². The van der Waals surface area contributed by atoms with Gasteiger partial charge < -0.3 is 25.3 Å². The van der Waals surface area contributed by atoms with E-state index in [9.17, 15) is 9.18 Å². The van der Waals surface area contributed by atoms with E-state index in [4.69, 9.17) is 4.98 Å². The molecule has 1 aliphatic rings. The van der Waals surface area contributed by atoms with Crippen LogP contribution in [0.3, 0.4) is 0 Å². The van der Waals surface area contributed by atoms with Crippen molar-refractivity contribution < 1.29 is 9.18 Å². The largest absolute Gasteiger partial charge is 0.373 e. The van der Waals surface area contributed by atoms with Crippen molar-refractivity contribution in [3.63, 3.8) is 0 Å². The second kappa shape index (κ2) is 12.7. The van der Waals surface area contributed by atoms with Crippen molar-refractivity contribution in [1.29, 1.82) is 0 Å². The van der Waals surface area contributed by atoms with Crippen LogP contribution in [0.4, 0.5) is 22.0 Å². The molecule has 2 N–H and O–H groups in total. The summed E-state index contributed by atoms with van der Waals surface area (Å²) in [4.78, 5) is 28.4. The highest BCUT2D eigenvalue weighted by molar-refractivity contribution is 5.78. The lowest BCUT2D eigenvalue weighted by Gasteiger charge is -2.31. The molecule has 0 radical (unpaired) electrons. The quantitative estimate of drug-likeness (QED) is 0.503. The molecule has 1 aromatic carbocycles. The van der Waals surface area contributed by atoms with E-state index in [0.29, 0.717) is 18.1 Å². The van der Waals surface area contributed by atoms with Crippen molar-refractivity contribution >= 4 is 23.5 Å². The summed E-state index contributed by atoms with van der Waals surface area (Å²) >= 11 is 0. The Kier molecular flexibility index (Phi) is 9.65. The molecule has 3 rings (SSSR count). The van der Waals surface area contributed by atoms with Crippen LogP contribution in [0.2, 0.25) is 0 Å². The fraction of sp³-hybridized carbons (Fsp3) is 0.577. The zero-order valence-corrected chi connectivity index (χ0v) is 21.7. The first-order chi connectivity index (χ1) is 16.8. The van der Waals surface area contributed by atoms with Crippen molar-refractivity contribution in [3.8, 4) is 0 Å². The van der Waals surface area contributed by atoms with E-state index in [-0.39, 0.29) is 17.9 Å². The zero-order chi connectivity index (χ0) is 25.4. The Hall–Kier alpha value is -2.94. The number of alkyl halides is 1. The average molecular weight is 486 g/mol. The number of carbonyl (C=O) groups excluding carboxylic acids is 1. The van der Waals surface area contributed by atoms with E-state index < -0.39 is 6.67 Å². The molecule has 0 aliphatic heterocycles. The van der Waals surface area contributed by atoms with Gasteiger partial charge in [0.05, 0.1) is 0 Å². The molecule has 1 heterocycles. The molecule has 0 bridgehead atoms. The lowest BCUT2D eigenvalue weighted by molar-refractivity contribution is -0.135. The summed E-state index contributed by atoms with van der Waals surface area (Å²) in [5, 5.41) is 6.62. The van der Waals surface area contributed by atoms with Crippen LogP contribution >= 0.6 is 0 Å². The van der Waals surface area contributed by atoms with Crippen LogP contribution in [0, 0.1) is 5.92 Å². The van der Waals surface area contributed by atoms with Gasteiger partial charge in [-0.15, -0.1) is 0 Å². The Morgan fingerprint density at radius 2 is 1.71 bits per heavy atom. The Labute approximate surface area is 208 Å². The maximum absolute atomic E-state index is 13.3. The molecule has 0 unspecified atom stereocenters. The lowest BCUT2D eigenvalue weighted by atomic mass is 9.85. The maximum Gasteiger partial charge on any atom is 0.226 e. The highest BCUT2D eigenvalue weighted by Gasteiger charge is 2.29. The highest BCUT2D eigenvalue weighted by atomic mass is 19.1. The number of benzene rings is 1. The summed E-state index contributed by atoms with van der Waals surface area (Å²) in [5.41, 5.74) is 1.52. The van der Waals surface area contributed by atoms with Gasteiger partial charge in [0.25, 0.3) is 0 Å². The molecule has 1 aromatic heterocycles. The van der Waals surface area contributed by atoms with Gasteiger partial charge in [-0.05, 0) is 50.9 Å². The Bertz CT molecular complexity index is 962. The maximum atomic E-state index is 13.3. The number of carbonyl (C=O) groups is 1. The van der Waals surface area contributed by atoms with E-state index in [1.54, 1.807) is 11.0 Å². The molecule has 35 heavy (non-hydrogen) atoms. The lowest BCUT2D eigenvalue weighted by Crippen LogP contribution is -2.37. The summed E-state index contributed by atoms with van der Waals surface area (Å²) in [5.74, 6) is 2.38. The predicted octanol–water partition coefficient (Wildman–Crippen LogP) is 3.61. The van der Waals surface area contributed by atoms with E-state index in [1.807, 2.05) is 45.4 Å². The van der Waals surface area contributed by atoms with E-state index >= 15 is 0 Å². The minimum absolute atomic E-state index is 0.00659. The first-order valence-corrected chi connectivity index (χ1v) is 12.4. The minimum Gasteiger partial charge on any atom is -0.373 e. The zero-order valence-electron chi connectivity index (χ0n) is 21.7. The number of anilines is 3. The standard InChI is InChI=1S/C26H40FN7O/c1-28-23-16-24(33(4)15-14-32(2)3)31-26(30-23)29-22-12-10-19(11-13-22)25(35)34(5)18-21-9-7-6-8-20(21)17-27/h6-9,16,19,22H,10-15,17-18H2,1-5H3,(H2,28,29,30,31)/t19-,22+. The fourth-order valence-electron chi connectivity index (χ4n) is 4.44. The van der Waals surface area contributed by atoms with Gasteiger partial charge in [-0.1, -0.05) is 24.3 Å². The molecule has 8 nitrogen and oxygen atoms in total. The second-order valence-electron chi connectivity index (χ2n) is 9.70. The summed E-state index contributed by atoms with van der Waals surface area (Å²) < 4.78 is 13.3. The minimum atomic E-state index is -0.515.